The third-order valence-corrected chi connectivity index (χ3v) is 8.64. The van der Waals surface area contributed by atoms with Crippen molar-refractivity contribution in [1.82, 2.24) is 4.90 Å². The van der Waals surface area contributed by atoms with Crippen molar-refractivity contribution < 1.29 is 33.7 Å². The molecule has 1 aromatic rings. The van der Waals surface area contributed by atoms with E-state index >= 15 is 0 Å². The first-order valence-electron chi connectivity index (χ1n) is 13.7. The van der Waals surface area contributed by atoms with Crippen LogP contribution in [-0.2, 0) is 23.9 Å². The van der Waals surface area contributed by atoms with Crippen LogP contribution in [0.25, 0.3) is 0 Å². The van der Waals surface area contributed by atoms with Gasteiger partial charge in [-0.05, 0) is 62.8 Å². The largest absolute Gasteiger partial charge is 0.497 e. The van der Waals surface area contributed by atoms with E-state index in [1.165, 1.54) is 0 Å². The number of ether oxygens (including phenoxy) is 3. The summed E-state index contributed by atoms with van der Waals surface area (Å²) in [6.07, 6.45) is 5.28. The lowest BCUT2D eigenvalue weighted by Crippen LogP contribution is -2.57. The second-order valence-electron chi connectivity index (χ2n) is 10.8. The van der Waals surface area contributed by atoms with Crippen molar-refractivity contribution in [2.45, 2.75) is 56.8 Å². The number of hydrogen-bond acceptors (Lipinski definition) is 7. The molecule has 3 saturated heterocycles. The molecule has 1 spiro atoms. The van der Waals surface area contributed by atoms with Gasteiger partial charge >= 0.3 is 5.97 Å². The van der Waals surface area contributed by atoms with Gasteiger partial charge in [-0.15, -0.1) is 13.2 Å². The molecular formula is C30H40N2O7. The van der Waals surface area contributed by atoms with Crippen LogP contribution in [0.1, 0.15) is 39.5 Å². The fourth-order valence-corrected chi connectivity index (χ4v) is 6.70. The molecule has 6 atom stereocenters. The molecule has 3 aliphatic heterocycles. The topological polar surface area (TPSA) is 106 Å². The molecule has 2 amide bonds. The molecular weight excluding hydrogens is 500 g/mol. The van der Waals surface area contributed by atoms with Gasteiger partial charge in [0.15, 0.2) is 0 Å². The van der Waals surface area contributed by atoms with Crippen LogP contribution >= 0.6 is 0 Å². The Morgan fingerprint density at radius 2 is 1.95 bits per heavy atom. The molecule has 4 rings (SSSR count). The van der Waals surface area contributed by atoms with Gasteiger partial charge < -0.3 is 29.1 Å². The van der Waals surface area contributed by atoms with Gasteiger partial charge in [0.25, 0.3) is 5.91 Å². The fraction of sp³-hybridized carbons (Fsp3) is 0.567. The molecule has 3 aliphatic rings. The minimum Gasteiger partial charge on any atom is -0.497 e. The second kappa shape index (κ2) is 11.5. The number of aliphatic hydroxyl groups excluding tert-OH is 1. The van der Waals surface area contributed by atoms with Crippen molar-refractivity contribution in [3.05, 3.63) is 49.6 Å². The Kier molecular flexibility index (Phi) is 8.51. The minimum atomic E-state index is -1.17. The van der Waals surface area contributed by atoms with E-state index in [2.05, 4.69) is 13.2 Å². The maximum absolute atomic E-state index is 14.5. The van der Waals surface area contributed by atoms with E-state index in [-0.39, 0.29) is 44.0 Å². The quantitative estimate of drug-likeness (QED) is 0.233. The number of nitrogens with zero attached hydrogens (tertiary/aromatic N) is 2. The minimum absolute atomic E-state index is 0.0203. The van der Waals surface area contributed by atoms with E-state index in [9.17, 15) is 19.5 Å². The van der Waals surface area contributed by atoms with Crippen molar-refractivity contribution in [1.29, 1.82) is 0 Å². The van der Waals surface area contributed by atoms with Gasteiger partial charge in [-0.25, -0.2) is 0 Å². The number of rotatable bonds is 13. The van der Waals surface area contributed by atoms with Gasteiger partial charge in [0, 0.05) is 25.4 Å². The number of benzene rings is 1. The van der Waals surface area contributed by atoms with E-state index in [0.717, 1.165) is 0 Å². The van der Waals surface area contributed by atoms with Crippen LogP contribution in [0.3, 0.4) is 0 Å². The highest BCUT2D eigenvalue weighted by molar-refractivity contribution is 6.04. The average molecular weight is 541 g/mol. The zero-order valence-corrected chi connectivity index (χ0v) is 23.1. The van der Waals surface area contributed by atoms with Gasteiger partial charge in [-0.2, -0.15) is 0 Å². The first kappa shape index (κ1) is 28.8. The molecule has 3 unspecified atom stereocenters. The van der Waals surface area contributed by atoms with E-state index < -0.39 is 35.0 Å². The molecule has 0 aromatic heterocycles. The van der Waals surface area contributed by atoms with Crippen molar-refractivity contribution >= 4 is 23.5 Å². The summed E-state index contributed by atoms with van der Waals surface area (Å²) >= 11 is 0. The first-order chi connectivity index (χ1) is 18.7. The zero-order chi connectivity index (χ0) is 28.4. The Morgan fingerprint density at radius 3 is 2.56 bits per heavy atom. The van der Waals surface area contributed by atoms with Crippen LogP contribution in [-0.4, -0.2) is 78.4 Å². The summed E-state index contributed by atoms with van der Waals surface area (Å²) < 4.78 is 17.6. The monoisotopic (exact) mass is 540 g/mol. The zero-order valence-electron chi connectivity index (χ0n) is 23.1. The molecule has 0 radical (unpaired) electrons. The third kappa shape index (κ3) is 4.76. The summed E-state index contributed by atoms with van der Waals surface area (Å²) in [5.41, 5.74) is -1.48. The number of carbonyl (C=O) groups is 3. The summed E-state index contributed by atoms with van der Waals surface area (Å²) in [4.78, 5) is 45.2. The SMILES string of the molecule is C=CCCOC(=O)[C@H]1[C@H]2C(=O)N(CCCCO)C(C(=O)N(CC=C)c3ccc(OC)cc3)C23CC(C)[C@]1(C)O3. The number of fused-ring (bicyclic) bond motifs is 1. The van der Waals surface area contributed by atoms with Gasteiger partial charge in [-0.3, -0.25) is 14.4 Å². The molecule has 3 fully saturated rings. The number of amides is 2. The Labute approximate surface area is 230 Å². The summed E-state index contributed by atoms with van der Waals surface area (Å²) in [5.74, 6) is -2.14. The maximum atomic E-state index is 14.5. The van der Waals surface area contributed by atoms with Crippen LogP contribution in [0.15, 0.2) is 49.6 Å². The predicted molar refractivity (Wildman–Crippen MR) is 146 cm³/mol. The number of hydrogen-bond donors (Lipinski definition) is 1. The molecule has 39 heavy (non-hydrogen) atoms. The number of unbranched alkanes of at least 4 members (excludes halogenated alkanes) is 1. The predicted octanol–water partition coefficient (Wildman–Crippen LogP) is 3.12. The van der Waals surface area contributed by atoms with E-state index in [4.69, 9.17) is 14.2 Å². The first-order valence-corrected chi connectivity index (χ1v) is 13.7. The van der Waals surface area contributed by atoms with Gasteiger partial charge in [0.05, 0.1) is 25.2 Å². The lowest BCUT2D eigenvalue weighted by Gasteiger charge is -2.37. The smallest absolute Gasteiger partial charge is 0.312 e. The number of anilines is 1. The van der Waals surface area contributed by atoms with Crippen LogP contribution < -0.4 is 9.64 Å². The number of esters is 1. The molecule has 2 bridgehead atoms. The molecule has 212 valence electrons. The number of aliphatic hydroxyl groups is 1. The average Bonchev–Trinajstić information content (AvgIpc) is 3.44. The number of likely N-dealkylation sites (tertiary alicyclic amines) is 1. The molecule has 1 N–H and O–H groups in total. The van der Waals surface area contributed by atoms with Gasteiger partial charge in [-0.1, -0.05) is 19.1 Å². The molecule has 0 saturated carbocycles. The molecule has 0 aliphatic carbocycles. The molecule has 1 aromatic carbocycles. The highest BCUT2D eigenvalue weighted by atomic mass is 16.6. The van der Waals surface area contributed by atoms with Crippen molar-refractivity contribution in [2.75, 3.05) is 38.3 Å². The van der Waals surface area contributed by atoms with Crippen molar-refractivity contribution in [2.24, 2.45) is 17.8 Å². The molecule has 3 heterocycles. The fourth-order valence-electron chi connectivity index (χ4n) is 6.70. The van der Waals surface area contributed by atoms with E-state index in [1.54, 1.807) is 53.3 Å². The van der Waals surface area contributed by atoms with Gasteiger partial charge in [0.1, 0.15) is 23.3 Å². The highest BCUT2D eigenvalue weighted by Crippen LogP contribution is 2.65. The van der Waals surface area contributed by atoms with Crippen LogP contribution in [0, 0.1) is 17.8 Å². The lowest BCUT2D eigenvalue weighted by molar-refractivity contribution is -0.161. The normalized spacial score (nSPS) is 30.7. The summed E-state index contributed by atoms with van der Waals surface area (Å²) in [5, 5.41) is 9.39. The third-order valence-electron chi connectivity index (χ3n) is 8.64. The van der Waals surface area contributed by atoms with Crippen LogP contribution in [0.4, 0.5) is 5.69 Å². The standard InChI is InChI=1S/C30H40N2O7/c1-6-8-18-38-28(36)24-23-26(34)32(16-9-10-17-33)25(30(23)19-20(3)29(24,4)39-30)27(35)31(15-7-2)21-11-13-22(37-5)14-12-21/h6-7,11-14,20,23-25,33H,1-2,8-10,15-19H2,3-5H3/t20?,23-,24+,25?,29-,30?/m0/s1. The summed E-state index contributed by atoms with van der Waals surface area (Å²) in [6, 6.07) is 6.19. The second-order valence-corrected chi connectivity index (χ2v) is 10.8. The molecule has 9 nitrogen and oxygen atoms in total. The van der Waals surface area contributed by atoms with Crippen molar-refractivity contribution in [3.63, 3.8) is 0 Å². The van der Waals surface area contributed by atoms with E-state index in [0.29, 0.717) is 37.1 Å². The Hall–Kier alpha value is -3.17. The Balaban J connectivity index is 1.77. The number of carbonyl (C=O) groups excluding carboxylic acids is 3. The van der Waals surface area contributed by atoms with Crippen LogP contribution in [0.2, 0.25) is 0 Å². The highest BCUT2D eigenvalue weighted by Gasteiger charge is 2.80. The Bertz CT molecular complexity index is 1110. The molecule has 9 heteroatoms. The van der Waals surface area contributed by atoms with Crippen molar-refractivity contribution in [3.8, 4) is 5.75 Å². The lowest BCUT2D eigenvalue weighted by atomic mass is 9.62. The van der Waals surface area contributed by atoms with Gasteiger partial charge in [0.2, 0.25) is 5.91 Å². The summed E-state index contributed by atoms with van der Waals surface area (Å²) in [7, 11) is 1.57. The van der Waals surface area contributed by atoms with Crippen LogP contribution in [0.5, 0.6) is 5.75 Å². The number of methoxy groups -OCH3 is 1. The summed E-state index contributed by atoms with van der Waals surface area (Å²) in [6.45, 7) is 12.0. The van der Waals surface area contributed by atoms with E-state index in [1.807, 2.05) is 13.8 Å². The maximum Gasteiger partial charge on any atom is 0.312 e. The Morgan fingerprint density at radius 1 is 1.23 bits per heavy atom.